The normalized spacial score (nSPS) is 10.9. The van der Waals surface area contributed by atoms with Gasteiger partial charge >= 0.3 is 0 Å². The quantitative estimate of drug-likeness (QED) is 0.269. The first-order chi connectivity index (χ1) is 18.0. The van der Waals surface area contributed by atoms with E-state index in [1.807, 2.05) is 84.9 Å². The minimum Gasteiger partial charge on any atom is -0.326 e. The minimum absolute atomic E-state index is 0.0988. The first-order valence-electron chi connectivity index (χ1n) is 12.2. The SMILES string of the molecule is O=C(CCc1ccccc1)Nc1ccc2nc(Cc3ccccc3)n(Cc3ccc(Cl)cc3)c(=O)c2c1. The summed E-state index contributed by atoms with van der Waals surface area (Å²) >= 11 is 6.06. The number of hydrogen-bond donors (Lipinski definition) is 1. The van der Waals surface area contributed by atoms with Crippen LogP contribution in [0.3, 0.4) is 0 Å². The first-order valence-corrected chi connectivity index (χ1v) is 12.6. The van der Waals surface area contributed by atoms with Crippen LogP contribution in [-0.2, 0) is 24.2 Å². The molecule has 1 heterocycles. The number of amides is 1. The lowest BCUT2D eigenvalue weighted by atomic mass is 10.1. The molecule has 1 N–H and O–H groups in total. The zero-order chi connectivity index (χ0) is 25.6. The predicted octanol–water partition coefficient (Wildman–Crippen LogP) is 6.26. The average molecular weight is 508 g/mol. The Bertz CT molecular complexity index is 1580. The third kappa shape index (κ3) is 6.13. The molecule has 0 aliphatic rings. The molecule has 5 nitrogen and oxygen atoms in total. The van der Waals surface area contributed by atoms with Crippen molar-refractivity contribution in [1.29, 1.82) is 0 Å². The van der Waals surface area contributed by atoms with Crippen LogP contribution in [0, 0.1) is 0 Å². The minimum atomic E-state index is -0.147. The van der Waals surface area contributed by atoms with Crippen molar-refractivity contribution in [2.24, 2.45) is 0 Å². The summed E-state index contributed by atoms with van der Waals surface area (Å²) in [5.41, 5.74) is 4.17. The maximum absolute atomic E-state index is 13.7. The Labute approximate surface area is 220 Å². The predicted molar refractivity (Wildman–Crippen MR) is 149 cm³/mol. The first kappa shape index (κ1) is 24.5. The van der Waals surface area contributed by atoms with Crippen molar-refractivity contribution < 1.29 is 4.79 Å². The lowest BCUT2D eigenvalue weighted by Gasteiger charge is -2.15. The van der Waals surface area contributed by atoms with Crippen molar-refractivity contribution in [3.8, 4) is 0 Å². The Kier molecular flexibility index (Phi) is 7.43. The number of fused-ring (bicyclic) bond motifs is 1. The molecule has 0 radical (unpaired) electrons. The molecule has 0 fully saturated rings. The van der Waals surface area contributed by atoms with Gasteiger partial charge in [-0.3, -0.25) is 14.2 Å². The largest absolute Gasteiger partial charge is 0.326 e. The lowest BCUT2D eigenvalue weighted by Crippen LogP contribution is -2.26. The summed E-state index contributed by atoms with van der Waals surface area (Å²) in [4.78, 5) is 31.2. The number of halogens is 1. The molecule has 184 valence electrons. The van der Waals surface area contributed by atoms with Crippen LogP contribution in [0.2, 0.25) is 5.02 Å². The molecule has 4 aromatic carbocycles. The highest BCUT2D eigenvalue weighted by molar-refractivity contribution is 6.30. The number of hydrogen-bond acceptors (Lipinski definition) is 3. The zero-order valence-electron chi connectivity index (χ0n) is 20.2. The second-order valence-electron chi connectivity index (χ2n) is 8.97. The van der Waals surface area contributed by atoms with Crippen LogP contribution < -0.4 is 10.9 Å². The van der Waals surface area contributed by atoms with Crippen molar-refractivity contribution in [2.75, 3.05) is 5.32 Å². The molecule has 0 atom stereocenters. The molecule has 0 bridgehead atoms. The standard InChI is InChI=1S/C31H26ClN3O2/c32-25-14-11-24(12-15-25)21-35-29(19-23-9-5-2-6-10-23)34-28-17-16-26(20-27(28)31(35)37)33-30(36)18-13-22-7-3-1-4-8-22/h1-12,14-17,20H,13,18-19,21H2,(H,33,36). The molecule has 5 rings (SSSR count). The molecule has 0 unspecified atom stereocenters. The van der Waals surface area contributed by atoms with Gasteiger partial charge in [-0.25, -0.2) is 4.98 Å². The van der Waals surface area contributed by atoms with Crippen LogP contribution in [0.5, 0.6) is 0 Å². The van der Waals surface area contributed by atoms with E-state index >= 15 is 0 Å². The number of carbonyl (C=O) groups is 1. The van der Waals surface area contributed by atoms with Crippen molar-refractivity contribution in [3.05, 3.63) is 141 Å². The molecular weight excluding hydrogens is 482 g/mol. The van der Waals surface area contributed by atoms with Gasteiger partial charge in [0.1, 0.15) is 5.82 Å². The Morgan fingerprint density at radius 3 is 2.19 bits per heavy atom. The van der Waals surface area contributed by atoms with Crippen LogP contribution in [0.1, 0.15) is 28.9 Å². The van der Waals surface area contributed by atoms with Gasteiger partial charge < -0.3 is 5.32 Å². The number of carbonyl (C=O) groups excluding carboxylic acids is 1. The van der Waals surface area contributed by atoms with Gasteiger partial charge in [0.05, 0.1) is 17.4 Å². The highest BCUT2D eigenvalue weighted by atomic mass is 35.5. The molecule has 6 heteroatoms. The molecule has 0 aliphatic carbocycles. The van der Waals surface area contributed by atoms with E-state index in [2.05, 4.69) is 5.32 Å². The summed E-state index contributed by atoms with van der Waals surface area (Å²) < 4.78 is 1.71. The fourth-order valence-corrected chi connectivity index (χ4v) is 4.45. The third-order valence-electron chi connectivity index (χ3n) is 6.26. The molecule has 1 aromatic heterocycles. The maximum Gasteiger partial charge on any atom is 0.261 e. The number of rotatable bonds is 8. The van der Waals surface area contributed by atoms with E-state index in [0.29, 0.717) is 53.2 Å². The van der Waals surface area contributed by atoms with Crippen molar-refractivity contribution >= 4 is 34.1 Å². The summed E-state index contributed by atoms with van der Waals surface area (Å²) in [7, 11) is 0. The van der Waals surface area contributed by atoms with Crippen LogP contribution in [0.4, 0.5) is 5.69 Å². The second-order valence-corrected chi connectivity index (χ2v) is 9.41. The molecular formula is C31H26ClN3O2. The fourth-order valence-electron chi connectivity index (χ4n) is 4.32. The number of aromatic nitrogens is 2. The number of nitrogens with zero attached hydrogens (tertiary/aromatic N) is 2. The smallest absolute Gasteiger partial charge is 0.261 e. The van der Waals surface area contributed by atoms with E-state index in [1.54, 1.807) is 22.8 Å². The molecule has 0 aliphatic heterocycles. The molecule has 1 amide bonds. The average Bonchev–Trinajstić information content (AvgIpc) is 2.92. The number of nitrogens with one attached hydrogen (secondary N) is 1. The van der Waals surface area contributed by atoms with Crippen LogP contribution in [-0.4, -0.2) is 15.5 Å². The third-order valence-corrected chi connectivity index (χ3v) is 6.51. The molecule has 0 saturated heterocycles. The van der Waals surface area contributed by atoms with Crippen molar-refractivity contribution in [2.45, 2.75) is 25.8 Å². The van der Waals surface area contributed by atoms with E-state index in [9.17, 15) is 9.59 Å². The van der Waals surface area contributed by atoms with Gasteiger partial charge in [-0.15, -0.1) is 0 Å². The summed E-state index contributed by atoms with van der Waals surface area (Å²) in [6, 6.07) is 32.6. The van der Waals surface area contributed by atoms with Gasteiger partial charge in [-0.05, 0) is 53.4 Å². The number of benzene rings is 4. The second kappa shape index (κ2) is 11.2. The summed E-state index contributed by atoms with van der Waals surface area (Å²) in [5.74, 6) is 0.580. The van der Waals surface area contributed by atoms with Gasteiger partial charge in [0.2, 0.25) is 5.91 Å². The zero-order valence-corrected chi connectivity index (χ0v) is 21.0. The Balaban J connectivity index is 1.45. The van der Waals surface area contributed by atoms with Crippen molar-refractivity contribution in [1.82, 2.24) is 9.55 Å². The monoisotopic (exact) mass is 507 g/mol. The van der Waals surface area contributed by atoms with Gasteiger partial charge in [0, 0.05) is 23.6 Å². The summed E-state index contributed by atoms with van der Waals surface area (Å²) in [5, 5.41) is 4.04. The Morgan fingerprint density at radius 2 is 1.49 bits per heavy atom. The number of aryl methyl sites for hydroxylation is 1. The van der Waals surface area contributed by atoms with Crippen LogP contribution in [0.25, 0.3) is 10.9 Å². The molecule has 5 aromatic rings. The summed E-state index contributed by atoms with van der Waals surface area (Å²) in [6.45, 7) is 0.370. The van der Waals surface area contributed by atoms with Crippen molar-refractivity contribution in [3.63, 3.8) is 0 Å². The van der Waals surface area contributed by atoms with Crippen LogP contribution in [0.15, 0.2) is 108 Å². The number of anilines is 1. The van der Waals surface area contributed by atoms with Gasteiger partial charge in [0.15, 0.2) is 0 Å². The van der Waals surface area contributed by atoms with Gasteiger partial charge in [-0.1, -0.05) is 84.4 Å². The van der Waals surface area contributed by atoms with E-state index in [1.165, 1.54) is 0 Å². The molecule has 0 saturated carbocycles. The Hall–Kier alpha value is -4.22. The summed E-state index contributed by atoms with van der Waals surface area (Å²) in [6.07, 6.45) is 1.53. The topological polar surface area (TPSA) is 64.0 Å². The van der Waals surface area contributed by atoms with E-state index in [-0.39, 0.29) is 11.5 Å². The van der Waals surface area contributed by atoms with Crippen LogP contribution >= 0.6 is 11.6 Å². The van der Waals surface area contributed by atoms with E-state index in [4.69, 9.17) is 16.6 Å². The maximum atomic E-state index is 13.7. The van der Waals surface area contributed by atoms with Gasteiger partial charge in [0.25, 0.3) is 5.56 Å². The van der Waals surface area contributed by atoms with E-state index in [0.717, 1.165) is 16.7 Å². The van der Waals surface area contributed by atoms with Gasteiger partial charge in [-0.2, -0.15) is 0 Å². The fraction of sp³-hybridized carbons (Fsp3) is 0.129. The molecule has 37 heavy (non-hydrogen) atoms. The lowest BCUT2D eigenvalue weighted by molar-refractivity contribution is -0.116. The molecule has 0 spiro atoms. The highest BCUT2D eigenvalue weighted by Crippen LogP contribution is 2.19. The van der Waals surface area contributed by atoms with E-state index < -0.39 is 0 Å². The Morgan fingerprint density at radius 1 is 0.811 bits per heavy atom. The highest BCUT2D eigenvalue weighted by Gasteiger charge is 2.14.